The van der Waals surface area contributed by atoms with E-state index >= 15 is 0 Å². The van der Waals surface area contributed by atoms with Gasteiger partial charge < -0.3 is 16.0 Å². The number of nitrogens with one attached hydrogen (secondary N) is 4. The molecule has 3 atom stereocenters. The summed E-state index contributed by atoms with van der Waals surface area (Å²) in [6, 6.07) is 5.62. The Morgan fingerprint density at radius 3 is 3.00 bits per heavy atom. The van der Waals surface area contributed by atoms with Gasteiger partial charge in [0.25, 0.3) is 0 Å². The predicted octanol–water partition coefficient (Wildman–Crippen LogP) is 2.77. The summed E-state index contributed by atoms with van der Waals surface area (Å²) < 4.78 is 1.05. The largest absolute Gasteiger partial charge is 0.350 e. The van der Waals surface area contributed by atoms with Gasteiger partial charge in [0.15, 0.2) is 11.6 Å². The number of thiophene rings is 1. The van der Waals surface area contributed by atoms with E-state index in [4.69, 9.17) is 4.98 Å². The van der Waals surface area contributed by atoms with E-state index in [9.17, 15) is 0 Å². The molecule has 0 spiro atoms. The molecule has 1 unspecified atom stereocenters. The molecule has 8 heteroatoms. The number of aromatic nitrogens is 4. The van der Waals surface area contributed by atoms with Crippen molar-refractivity contribution in [1.82, 2.24) is 25.5 Å². The molecule has 2 aliphatic heterocycles. The molecule has 0 saturated carbocycles. The number of hydrogen-bond donors (Lipinski definition) is 4. The molecule has 3 aromatic rings. The van der Waals surface area contributed by atoms with Crippen LogP contribution < -0.4 is 16.0 Å². The molecule has 2 fully saturated rings. The van der Waals surface area contributed by atoms with E-state index in [0.29, 0.717) is 24.1 Å². The third-order valence-electron chi connectivity index (χ3n) is 4.87. The van der Waals surface area contributed by atoms with Gasteiger partial charge in [0.1, 0.15) is 0 Å². The normalized spacial score (nSPS) is 25.5. The number of rotatable bonds is 4. The molecule has 2 aliphatic rings. The lowest BCUT2D eigenvalue weighted by Gasteiger charge is -2.21. The van der Waals surface area contributed by atoms with Gasteiger partial charge >= 0.3 is 0 Å². The summed E-state index contributed by atoms with van der Waals surface area (Å²) in [5.74, 6) is 2.27. The average Bonchev–Trinajstić information content (AvgIpc) is 3.31. The second-order valence-corrected chi connectivity index (χ2v) is 7.54. The van der Waals surface area contributed by atoms with E-state index in [1.54, 1.807) is 11.3 Å². The predicted molar refractivity (Wildman–Crippen MR) is 96.0 cm³/mol. The second-order valence-electron chi connectivity index (χ2n) is 6.63. The van der Waals surface area contributed by atoms with Crippen LogP contribution in [-0.2, 0) is 0 Å². The molecule has 0 aromatic carbocycles. The second kappa shape index (κ2) is 5.42. The zero-order valence-corrected chi connectivity index (χ0v) is 14.2. The molecule has 0 aliphatic carbocycles. The fourth-order valence-electron chi connectivity index (χ4n) is 3.77. The highest BCUT2D eigenvalue weighted by Gasteiger charge is 2.39. The summed E-state index contributed by atoms with van der Waals surface area (Å²) in [6.45, 7) is 1.98. The summed E-state index contributed by atoms with van der Waals surface area (Å²) in [5, 5.41) is 19.7. The van der Waals surface area contributed by atoms with Crippen molar-refractivity contribution in [1.29, 1.82) is 0 Å². The number of anilines is 3. The molecule has 0 radical (unpaired) electrons. The van der Waals surface area contributed by atoms with E-state index in [-0.39, 0.29) is 0 Å². The van der Waals surface area contributed by atoms with Crippen LogP contribution in [0.3, 0.4) is 0 Å². The SMILES string of the molecule is Cc1cc(Nc2nc(N[C@H]3CC4CC[C@H]3N4)nc3ccsc23)n[nH]1. The van der Waals surface area contributed by atoms with Crippen molar-refractivity contribution in [2.75, 3.05) is 10.6 Å². The molecule has 7 nitrogen and oxygen atoms in total. The maximum absolute atomic E-state index is 4.72. The van der Waals surface area contributed by atoms with Crippen molar-refractivity contribution in [3.05, 3.63) is 23.2 Å². The minimum Gasteiger partial charge on any atom is -0.350 e. The van der Waals surface area contributed by atoms with Gasteiger partial charge in [-0.3, -0.25) is 5.10 Å². The molecule has 5 heterocycles. The summed E-state index contributed by atoms with van der Waals surface area (Å²) in [5.41, 5.74) is 1.98. The highest BCUT2D eigenvalue weighted by Crippen LogP contribution is 2.32. The standard InChI is InChI=1S/C16H19N7S/c1-8-6-13(23-22-8)20-15-14-11(4-5-24-14)18-16(21-15)19-12-7-9-2-3-10(12)17-9/h4-6,9-10,12,17H,2-3,7H2,1H3,(H3,18,19,20,21,22,23)/t9?,10-,12+/m1/s1. The minimum absolute atomic E-state index is 0.417. The maximum Gasteiger partial charge on any atom is 0.225 e. The highest BCUT2D eigenvalue weighted by atomic mass is 32.1. The fourth-order valence-corrected chi connectivity index (χ4v) is 4.54. The monoisotopic (exact) mass is 341 g/mol. The van der Waals surface area contributed by atoms with E-state index in [0.717, 1.165) is 34.0 Å². The Labute approximate surface area is 143 Å². The van der Waals surface area contributed by atoms with Crippen molar-refractivity contribution in [2.45, 2.75) is 44.3 Å². The summed E-state index contributed by atoms with van der Waals surface area (Å²) in [6.07, 6.45) is 3.68. The highest BCUT2D eigenvalue weighted by molar-refractivity contribution is 7.17. The van der Waals surface area contributed by atoms with Crippen molar-refractivity contribution in [3.63, 3.8) is 0 Å². The fraction of sp³-hybridized carbons (Fsp3) is 0.438. The van der Waals surface area contributed by atoms with Gasteiger partial charge in [-0.15, -0.1) is 11.3 Å². The minimum atomic E-state index is 0.417. The van der Waals surface area contributed by atoms with E-state index < -0.39 is 0 Å². The van der Waals surface area contributed by atoms with Gasteiger partial charge in [-0.25, -0.2) is 4.98 Å². The first-order valence-electron chi connectivity index (χ1n) is 8.31. The number of aromatic amines is 1. The Morgan fingerprint density at radius 1 is 1.29 bits per heavy atom. The first-order chi connectivity index (χ1) is 11.7. The Morgan fingerprint density at radius 2 is 2.25 bits per heavy atom. The Hall–Kier alpha value is -2.19. The molecule has 24 heavy (non-hydrogen) atoms. The quantitative estimate of drug-likeness (QED) is 0.583. The summed E-state index contributed by atoms with van der Waals surface area (Å²) in [7, 11) is 0. The number of aryl methyl sites for hydroxylation is 1. The lowest BCUT2D eigenvalue weighted by atomic mass is 9.96. The Balaban J connectivity index is 1.46. The molecule has 3 aromatic heterocycles. The van der Waals surface area contributed by atoms with Crippen LogP contribution in [-0.4, -0.2) is 38.3 Å². The molecule has 124 valence electrons. The first-order valence-corrected chi connectivity index (χ1v) is 9.19. The lowest BCUT2D eigenvalue weighted by molar-refractivity contribution is 0.525. The maximum atomic E-state index is 4.72. The lowest BCUT2D eigenvalue weighted by Crippen LogP contribution is -2.34. The first kappa shape index (κ1) is 14.2. The van der Waals surface area contributed by atoms with Crippen LogP contribution in [0.4, 0.5) is 17.6 Å². The van der Waals surface area contributed by atoms with Crippen molar-refractivity contribution in [2.24, 2.45) is 0 Å². The zero-order chi connectivity index (χ0) is 16.1. The molecule has 0 amide bonds. The third-order valence-corrected chi connectivity index (χ3v) is 5.78. The van der Waals surface area contributed by atoms with Gasteiger partial charge in [-0.1, -0.05) is 0 Å². The molecule has 5 rings (SSSR count). The zero-order valence-electron chi connectivity index (χ0n) is 13.3. The van der Waals surface area contributed by atoms with Gasteiger partial charge in [0, 0.05) is 29.9 Å². The van der Waals surface area contributed by atoms with E-state index in [1.165, 1.54) is 12.8 Å². The Kier molecular flexibility index (Phi) is 3.20. The van der Waals surface area contributed by atoms with Crippen LogP contribution in [0, 0.1) is 6.92 Å². The van der Waals surface area contributed by atoms with Gasteiger partial charge in [-0.2, -0.15) is 10.1 Å². The topological polar surface area (TPSA) is 90.6 Å². The van der Waals surface area contributed by atoms with Gasteiger partial charge in [0.2, 0.25) is 5.95 Å². The molecule has 2 bridgehead atoms. The Bertz CT molecular complexity index is 886. The number of fused-ring (bicyclic) bond motifs is 3. The number of H-pyrrole nitrogens is 1. The summed E-state index contributed by atoms with van der Waals surface area (Å²) in [4.78, 5) is 9.40. The number of hydrogen-bond acceptors (Lipinski definition) is 7. The van der Waals surface area contributed by atoms with Gasteiger partial charge in [-0.05, 0) is 37.6 Å². The summed E-state index contributed by atoms with van der Waals surface area (Å²) >= 11 is 1.64. The van der Waals surface area contributed by atoms with Gasteiger partial charge in [0.05, 0.1) is 10.2 Å². The van der Waals surface area contributed by atoms with Crippen LogP contribution >= 0.6 is 11.3 Å². The average molecular weight is 341 g/mol. The van der Waals surface area contributed by atoms with Crippen molar-refractivity contribution in [3.8, 4) is 0 Å². The molecule has 4 N–H and O–H groups in total. The van der Waals surface area contributed by atoms with Crippen LogP contribution in [0.5, 0.6) is 0 Å². The third kappa shape index (κ3) is 2.42. The van der Waals surface area contributed by atoms with Crippen LogP contribution in [0.2, 0.25) is 0 Å². The molecule has 2 saturated heterocycles. The number of nitrogens with zero attached hydrogens (tertiary/aromatic N) is 3. The van der Waals surface area contributed by atoms with E-state index in [1.807, 2.05) is 24.4 Å². The van der Waals surface area contributed by atoms with Crippen molar-refractivity contribution >= 4 is 39.1 Å². The molecular weight excluding hydrogens is 322 g/mol. The smallest absolute Gasteiger partial charge is 0.225 e. The van der Waals surface area contributed by atoms with E-state index in [2.05, 4.69) is 31.1 Å². The molecular formula is C16H19N7S. The van der Waals surface area contributed by atoms with Crippen molar-refractivity contribution < 1.29 is 0 Å². The van der Waals surface area contributed by atoms with Crippen LogP contribution in [0.1, 0.15) is 25.0 Å². The van der Waals surface area contributed by atoms with Crippen LogP contribution in [0.15, 0.2) is 17.5 Å². The van der Waals surface area contributed by atoms with Crippen LogP contribution in [0.25, 0.3) is 10.2 Å².